The summed E-state index contributed by atoms with van der Waals surface area (Å²) >= 11 is 0. The zero-order chi connectivity index (χ0) is 16.4. The summed E-state index contributed by atoms with van der Waals surface area (Å²) in [6.07, 6.45) is 2.82. The Hall–Kier alpha value is -1.59. The summed E-state index contributed by atoms with van der Waals surface area (Å²) in [5, 5.41) is 0. The third-order valence-electron chi connectivity index (χ3n) is 4.51. The first-order chi connectivity index (χ1) is 10.3. The van der Waals surface area contributed by atoms with E-state index in [1.807, 2.05) is 24.2 Å². The van der Waals surface area contributed by atoms with Crippen LogP contribution in [0.5, 0.6) is 0 Å². The van der Waals surface area contributed by atoms with Crippen LogP contribution in [0.15, 0.2) is 30.2 Å². The topological polar surface area (TPSA) is 44.8 Å². The molecule has 1 aromatic rings. The monoisotopic (exact) mass is 302 g/mol. The number of hydrogen-bond donors (Lipinski definition) is 0. The molecule has 2 rings (SSSR count). The number of carbonyl (C=O) groups excluding carboxylic acids is 1. The van der Waals surface area contributed by atoms with Crippen molar-refractivity contribution in [2.75, 3.05) is 7.11 Å². The SMILES string of the molecule is CCC1(C)OB(/C=C/c2ccc(C(=O)OC)cc2)OC1(C)C. The van der Waals surface area contributed by atoms with E-state index in [0.717, 1.165) is 12.0 Å². The molecule has 0 aromatic heterocycles. The molecule has 4 nitrogen and oxygen atoms in total. The fraction of sp³-hybridized carbons (Fsp3) is 0.471. The maximum absolute atomic E-state index is 11.4. The Balaban J connectivity index is 2.06. The molecule has 1 atom stereocenters. The Bertz CT molecular complexity index is 565. The first-order valence-corrected chi connectivity index (χ1v) is 7.53. The molecular formula is C17H23BO4. The van der Waals surface area contributed by atoms with Gasteiger partial charge in [-0.2, -0.15) is 0 Å². The van der Waals surface area contributed by atoms with Crippen LogP contribution in [0.4, 0.5) is 0 Å². The van der Waals surface area contributed by atoms with Crippen LogP contribution in [0.2, 0.25) is 0 Å². The third-order valence-corrected chi connectivity index (χ3v) is 4.51. The van der Waals surface area contributed by atoms with E-state index in [2.05, 4.69) is 32.4 Å². The summed E-state index contributed by atoms with van der Waals surface area (Å²) < 4.78 is 16.7. The van der Waals surface area contributed by atoms with Gasteiger partial charge in [0.05, 0.1) is 23.9 Å². The molecule has 0 spiro atoms. The minimum Gasteiger partial charge on any atom is -0.465 e. The number of rotatable bonds is 4. The highest BCUT2D eigenvalue weighted by molar-refractivity contribution is 6.52. The fourth-order valence-corrected chi connectivity index (χ4v) is 2.46. The second-order valence-electron chi connectivity index (χ2n) is 6.17. The summed E-state index contributed by atoms with van der Waals surface area (Å²) in [4.78, 5) is 11.4. The summed E-state index contributed by atoms with van der Waals surface area (Å²) in [5.74, 6) is 1.56. The van der Waals surface area contributed by atoms with Crippen LogP contribution in [0.25, 0.3) is 6.08 Å². The van der Waals surface area contributed by atoms with Crippen molar-refractivity contribution in [3.8, 4) is 0 Å². The van der Waals surface area contributed by atoms with E-state index in [9.17, 15) is 4.79 Å². The molecule has 1 aliphatic heterocycles. The maximum Gasteiger partial charge on any atom is 0.487 e. The van der Waals surface area contributed by atoms with Crippen molar-refractivity contribution < 1.29 is 18.8 Å². The number of hydrogen-bond acceptors (Lipinski definition) is 4. The molecule has 0 saturated carbocycles. The van der Waals surface area contributed by atoms with Crippen LogP contribution < -0.4 is 0 Å². The van der Waals surface area contributed by atoms with E-state index in [1.165, 1.54) is 7.11 Å². The largest absolute Gasteiger partial charge is 0.487 e. The van der Waals surface area contributed by atoms with Crippen LogP contribution in [0.1, 0.15) is 50.0 Å². The average molecular weight is 302 g/mol. The van der Waals surface area contributed by atoms with Gasteiger partial charge in [-0.15, -0.1) is 0 Å². The molecule has 0 N–H and O–H groups in total. The summed E-state index contributed by atoms with van der Waals surface area (Å²) in [6.45, 7) is 8.28. The Morgan fingerprint density at radius 3 is 2.36 bits per heavy atom. The smallest absolute Gasteiger partial charge is 0.465 e. The molecule has 0 radical (unpaired) electrons. The number of benzene rings is 1. The van der Waals surface area contributed by atoms with Crippen molar-refractivity contribution in [2.45, 2.75) is 45.3 Å². The Kier molecular flexibility index (Phi) is 4.78. The summed E-state index contributed by atoms with van der Waals surface area (Å²) in [6, 6.07) is 7.20. The first-order valence-electron chi connectivity index (χ1n) is 7.53. The average Bonchev–Trinajstić information content (AvgIpc) is 2.75. The number of methoxy groups -OCH3 is 1. The van der Waals surface area contributed by atoms with Gasteiger partial charge in [-0.05, 0) is 44.9 Å². The molecule has 1 saturated heterocycles. The molecule has 1 heterocycles. The predicted octanol–water partition coefficient (Wildman–Crippen LogP) is 3.51. The molecular weight excluding hydrogens is 279 g/mol. The third kappa shape index (κ3) is 3.26. The molecule has 0 aliphatic carbocycles. The lowest BCUT2D eigenvalue weighted by atomic mass is 9.86. The van der Waals surface area contributed by atoms with Gasteiger partial charge in [-0.25, -0.2) is 4.79 Å². The van der Waals surface area contributed by atoms with E-state index in [0.29, 0.717) is 5.56 Å². The van der Waals surface area contributed by atoms with Gasteiger partial charge >= 0.3 is 13.1 Å². The van der Waals surface area contributed by atoms with Crippen LogP contribution in [0, 0.1) is 0 Å². The lowest BCUT2D eigenvalue weighted by Crippen LogP contribution is -2.44. The van der Waals surface area contributed by atoms with E-state index in [4.69, 9.17) is 9.31 Å². The zero-order valence-electron chi connectivity index (χ0n) is 13.9. The van der Waals surface area contributed by atoms with Crippen LogP contribution in [-0.4, -0.2) is 31.4 Å². The highest BCUT2D eigenvalue weighted by atomic mass is 16.7. The number of esters is 1. The number of ether oxygens (including phenoxy) is 1. The van der Waals surface area contributed by atoms with Gasteiger partial charge in [0.25, 0.3) is 0 Å². The van der Waals surface area contributed by atoms with Crippen molar-refractivity contribution in [3.63, 3.8) is 0 Å². The lowest BCUT2D eigenvalue weighted by Gasteiger charge is -2.35. The van der Waals surface area contributed by atoms with Gasteiger partial charge in [0, 0.05) is 0 Å². The van der Waals surface area contributed by atoms with E-state index in [1.54, 1.807) is 12.1 Å². The second kappa shape index (κ2) is 6.27. The Morgan fingerprint density at radius 2 is 1.86 bits per heavy atom. The van der Waals surface area contributed by atoms with Crippen LogP contribution >= 0.6 is 0 Å². The van der Waals surface area contributed by atoms with Gasteiger partial charge in [-0.3, -0.25) is 0 Å². The summed E-state index contributed by atoms with van der Waals surface area (Å²) in [5.41, 5.74) is 0.887. The quantitative estimate of drug-likeness (QED) is 0.630. The molecule has 0 amide bonds. The minimum atomic E-state index is -0.361. The van der Waals surface area contributed by atoms with Gasteiger partial charge in [0.1, 0.15) is 0 Å². The van der Waals surface area contributed by atoms with Crippen molar-refractivity contribution in [1.29, 1.82) is 0 Å². The first kappa shape index (κ1) is 16.8. The molecule has 1 unspecified atom stereocenters. The van der Waals surface area contributed by atoms with Gasteiger partial charge in [-0.1, -0.05) is 31.1 Å². The maximum atomic E-state index is 11.4. The van der Waals surface area contributed by atoms with Crippen molar-refractivity contribution >= 4 is 19.2 Å². The highest BCUT2D eigenvalue weighted by Crippen LogP contribution is 2.39. The molecule has 1 aliphatic rings. The molecule has 0 bridgehead atoms. The standard InChI is InChI=1S/C17H23BO4/c1-6-17(4)16(2,3)21-18(22-17)12-11-13-7-9-14(10-8-13)15(19)20-5/h7-12H,6H2,1-5H3/b12-11+. The van der Waals surface area contributed by atoms with Crippen molar-refractivity contribution in [2.24, 2.45) is 0 Å². The van der Waals surface area contributed by atoms with Crippen molar-refractivity contribution in [1.82, 2.24) is 0 Å². The Labute approximate surface area is 132 Å². The van der Waals surface area contributed by atoms with E-state index in [-0.39, 0.29) is 24.3 Å². The van der Waals surface area contributed by atoms with E-state index >= 15 is 0 Å². The fourth-order valence-electron chi connectivity index (χ4n) is 2.46. The van der Waals surface area contributed by atoms with Crippen LogP contribution in [0.3, 0.4) is 0 Å². The molecule has 118 valence electrons. The summed E-state index contributed by atoms with van der Waals surface area (Å²) in [7, 11) is 1.01. The second-order valence-corrected chi connectivity index (χ2v) is 6.17. The van der Waals surface area contributed by atoms with Gasteiger partial charge in [0.15, 0.2) is 0 Å². The van der Waals surface area contributed by atoms with Gasteiger partial charge in [0.2, 0.25) is 0 Å². The molecule has 1 aromatic carbocycles. The van der Waals surface area contributed by atoms with E-state index < -0.39 is 0 Å². The highest BCUT2D eigenvalue weighted by Gasteiger charge is 2.51. The van der Waals surface area contributed by atoms with Gasteiger partial charge < -0.3 is 14.0 Å². The lowest BCUT2D eigenvalue weighted by molar-refractivity contribution is -0.0118. The zero-order valence-corrected chi connectivity index (χ0v) is 13.9. The minimum absolute atomic E-state index is 0.295. The molecule has 5 heteroatoms. The molecule has 1 fully saturated rings. The predicted molar refractivity (Wildman–Crippen MR) is 87.5 cm³/mol. The normalized spacial score (nSPS) is 24.0. The Morgan fingerprint density at radius 1 is 1.23 bits per heavy atom. The number of carbonyl (C=O) groups is 1. The van der Waals surface area contributed by atoms with Crippen LogP contribution in [-0.2, 0) is 14.0 Å². The van der Waals surface area contributed by atoms with Crippen molar-refractivity contribution in [3.05, 3.63) is 41.4 Å². The molecule has 22 heavy (non-hydrogen) atoms.